The van der Waals surface area contributed by atoms with Crippen LogP contribution in [0.15, 0.2) is 91.0 Å². The zero-order valence-corrected chi connectivity index (χ0v) is 23.8. The summed E-state index contributed by atoms with van der Waals surface area (Å²) >= 11 is 0. The molecule has 1 aliphatic rings. The molecular formula is C33H39FN6O2. The molecule has 3 aromatic carbocycles. The van der Waals surface area contributed by atoms with Crippen molar-refractivity contribution in [3.05, 3.63) is 114 Å². The summed E-state index contributed by atoms with van der Waals surface area (Å²) in [6.45, 7) is 3.17. The maximum atomic E-state index is 14.1. The fourth-order valence-corrected chi connectivity index (χ4v) is 5.33. The third kappa shape index (κ3) is 8.27. The van der Waals surface area contributed by atoms with Crippen LogP contribution in [0.1, 0.15) is 42.4 Å². The van der Waals surface area contributed by atoms with Gasteiger partial charge < -0.3 is 21.3 Å². The summed E-state index contributed by atoms with van der Waals surface area (Å²) in [7, 11) is 0. The third-order valence-electron chi connectivity index (χ3n) is 7.57. The number of amides is 2. The molecule has 1 unspecified atom stereocenters. The highest BCUT2D eigenvalue weighted by Crippen LogP contribution is 2.27. The molecule has 0 spiro atoms. The fourth-order valence-electron chi connectivity index (χ4n) is 5.33. The number of nitrogens with zero attached hydrogens (tertiary/aromatic N) is 1. The number of carbonyl (C=O) groups excluding carboxylic acids is 2. The van der Waals surface area contributed by atoms with E-state index in [9.17, 15) is 14.0 Å². The van der Waals surface area contributed by atoms with E-state index in [1.54, 1.807) is 18.2 Å². The number of nitrogens with two attached hydrogens (primary N) is 1. The normalized spacial score (nSPS) is 18.1. The van der Waals surface area contributed by atoms with E-state index in [1.807, 2.05) is 48.2 Å². The van der Waals surface area contributed by atoms with E-state index in [1.165, 1.54) is 18.2 Å². The van der Waals surface area contributed by atoms with Crippen LogP contribution >= 0.6 is 0 Å². The molecule has 0 radical (unpaired) electrons. The molecule has 220 valence electrons. The van der Waals surface area contributed by atoms with Crippen LogP contribution < -0.4 is 21.7 Å². The number of carbonyl (C=O) groups is 2. The summed E-state index contributed by atoms with van der Waals surface area (Å²) in [4.78, 5) is 28.5. The van der Waals surface area contributed by atoms with Gasteiger partial charge in [-0.3, -0.25) is 20.3 Å². The molecule has 42 heavy (non-hydrogen) atoms. The van der Waals surface area contributed by atoms with Gasteiger partial charge >= 0.3 is 0 Å². The van der Waals surface area contributed by atoms with Crippen molar-refractivity contribution in [1.82, 2.24) is 20.9 Å². The second kappa shape index (κ2) is 14.9. The van der Waals surface area contributed by atoms with Crippen LogP contribution in [0.5, 0.6) is 0 Å². The Kier molecular flexibility index (Phi) is 10.8. The van der Waals surface area contributed by atoms with Crippen molar-refractivity contribution in [3.8, 4) is 0 Å². The van der Waals surface area contributed by atoms with Crippen molar-refractivity contribution in [2.45, 2.75) is 43.8 Å². The lowest BCUT2D eigenvalue weighted by Gasteiger charge is -2.32. The van der Waals surface area contributed by atoms with Gasteiger partial charge in [0.1, 0.15) is 11.9 Å². The van der Waals surface area contributed by atoms with Gasteiger partial charge in [0.05, 0.1) is 6.04 Å². The average Bonchev–Trinajstić information content (AvgIpc) is 3.16. The number of hydrogen-bond donors (Lipinski definition) is 5. The molecule has 0 saturated carbocycles. The number of hydrogen-bond acceptors (Lipinski definition) is 4. The van der Waals surface area contributed by atoms with Crippen LogP contribution in [0.4, 0.5) is 4.39 Å². The summed E-state index contributed by atoms with van der Waals surface area (Å²) in [5.41, 5.74) is 8.24. The smallest absolute Gasteiger partial charge is 0.244 e. The molecule has 1 saturated heterocycles. The molecule has 9 heteroatoms. The van der Waals surface area contributed by atoms with E-state index >= 15 is 0 Å². The minimum atomic E-state index is -0.663. The molecule has 3 aromatic rings. The molecule has 1 aliphatic heterocycles. The van der Waals surface area contributed by atoms with Gasteiger partial charge in [-0.15, -0.1) is 0 Å². The van der Waals surface area contributed by atoms with Gasteiger partial charge in [-0.2, -0.15) is 0 Å². The zero-order chi connectivity index (χ0) is 29.9. The Balaban J connectivity index is 1.53. The van der Waals surface area contributed by atoms with E-state index in [0.717, 1.165) is 11.1 Å². The van der Waals surface area contributed by atoms with Crippen LogP contribution in [0.3, 0.4) is 0 Å². The molecular weight excluding hydrogens is 531 g/mol. The maximum absolute atomic E-state index is 14.1. The minimum Gasteiger partial charge on any atom is -0.370 e. The van der Waals surface area contributed by atoms with Crippen LogP contribution in [-0.2, 0) is 9.59 Å². The van der Waals surface area contributed by atoms with E-state index < -0.39 is 17.9 Å². The summed E-state index contributed by atoms with van der Waals surface area (Å²) in [6.07, 6.45) is 3.91. The Bertz CT molecular complexity index is 1330. The molecule has 1 heterocycles. The third-order valence-corrected chi connectivity index (χ3v) is 7.57. The van der Waals surface area contributed by atoms with E-state index in [4.69, 9.17) is 11.1 Å². The van der Waals surface area contributed by atoms with Gasteiger partial charge in [-0.05, 0) is 36.1 Å². The number of nitrogens with one attached hydrogen (secondary N) is 4. The van der Waals surface area contributed by atoms with E-state index in [2.05, 4.69) is 40.2 Å². The summed E-state index contributed by atoms with van der Waals surface area (Å²) in [5, 5.41) is 17.1. The predicted octanol–water partition coefficient (Wildman–Crippen LogP) is 3.61. The quantitative estimate of drug-likeness (QED) is 0.137. The first-order chi connectivity index (χ1) is 20.4. The number of rotatable bonds is 11. The Morgan fingerprint density at radius 2 is 1.69 bits per heavy atom. The first kappa shape index (κ1) is 30.5. The summed E-state index contributed by atoms with van der Waals surface area (Å²) < 4.78 is 13.9. The highest BCUT2D eigenvalue weighted by atomic mass is 19.1. The molecule has 2 amide bonds. The first-order valence-electron chi connectivity index (χ1n) is 14.3. The number of halogens is 1. The second-order valence-electron chi connectivity index (χ2n) is 10.5. The molecule has 0 aromatic heterocycles. The van der Waals surface area contributed by atoms with Crippen LogP contribution in [0, 0.1) is 11.2 Å². The summed E-state index contributed by atoms with van der Waals surface area (Å²) in [6, 6.07) is 25.2. The highest BCUT2D eigenvalue weighted by molar-refractivity contribution is 5.91. The van der Waals surface area contributed by atoms with Crippen molar-refractivity contribution >= 4 is 23.8 Å². The standard InChI is InChI=1S/C33H39FN6O2/c1-2-29(39-33(35)36)31-32(42)40(22-27(23-11-5-3-6-12-23)24-13-7-4-8-14-24)20-19-26(38-31)21-37-30(41)18-17-25-15-9-10-16-28(25)34/h3-18,26-27,29,31,38H,2,19-22H2,1H3,(H,37,41)(H4,35,36,39)/b18-17+/t26-,29?,31-/m0/s1. The zero-order valence-electron chi connectivity index (χ0n) is 23.8. The maximum Gasteiger partial charge on any atom is 0.244 e. The van der Waals surface area contributed by atoms with Gasteiger partial charge in [-0.1, -0.05) is 85.8 Å². The molecule has 8 nitrogen and oxygen atoms in total. The lowest BCUT2D eigenvalue weighted by molar-refractivity contribution is -0.133. The van der Waals surface area contributed by atoms with Crippen molar-refractivity contribution in [3.63, 3.8) is 0 Å². The van der Waals surface area contributed by atoms with Crippen LogP contribution in [0.25, 0.3) is 6.08 Å². The SMILES string of the molecule is CCC(NC(=N)N)[C@@H]1N[C@H](CNC(=O)/C=C/c2ccccc2F)CCN(CC(c2ccccc2)c2ccccc2)C1=O. The monoisotopic (exact) mass is 570 g/mol. The molecule has 0 aliphatic carbocycles. The van der Waals surface area contributed by atoms with Crippen LogP contribution in [-0.4, -0.2) is 60.4 Å². The van der Waals surface area contributed by atoms with E-state index in [0.29, 0.717) is 31.5 Å². The van der Waals surface area contributed by atoms with Crippen molar-refractivity contribution in [1.29, 1.82) is 5.41 Å². The average molecular weight is 571 g/mol. The van der Waals surface area contributed by atoms with Crippen LogP contribution in [0.2, 0.25) is 0 Å². The van der Waals surface area contributed by atoms with Gasteiger partial charge in [-0.25, -0.2) is 4.39 Å². The predicted molar refractivity (Wildman–Crippen MR) is 164 cm³/mol. The second-order valence-corrected chi connectivity index (χ2v) is 10.5. The first-order valence-corrected chi connectivity index (χ1v) is 14.3. The Morgan fingerprint density at radius 3 is 2.29 bits per heavy atom. The van der Waals surface area contributed by atoms with Crippen molar-refractivity contribution < 1.29 is 14.0 Å². The van der Waals surface area contributed by atoms with Gasteiger partial charge in [0.15, 0.2) is 5.96 Å². The van der Waals surface area contributed by atoms with E-state index in [-0.39, 0.29) is 36.3 Å². The summed E-state index contributed by atoms with van der Waals surface area (Å²) in [5.74, 6) is -1.08. The Labute approximate surface area is 246 Å². The lowest BCUT2D eigenvalue weighted by Crippen LogP contribution is -2.60. The topological polar surface area (TPSA) is 123 Å². The van der Waals surface area contributed by atoms with Crippen molar-refractivity contribution in [2.24, 2.45) is 5.73 Å². The number of guanidine groups is 1. The molecule has 3 atom stereocenters. The fraction of sp³-hybridized carbons (Fsp3) is 0.303. The lowest BCUT2D eigenvalue weighted by atomic mass is 9.90. The van der Waals surface area contributed by atoms with Gasteiger partial charge in [0, 0.05) is 43.2 Å². The largest absolute Gasteiger partial charge is 0.370 e. The highest BCUT2D eigenvalue weighted by Gasteiger charge is 2.37. The molecule has 6 N–H and O–H groups in total. The van der Waals surface area contributed by atoms with Gasteiger partial charge in [0.25, 0.3) is 0 Å². The molecule has 0 bridgehead atoms. The van der Waals surface area contributed by atoms with Crippen molar-refractivity contribution in [2.75, 3.05) is 19.6 Å². The Morgan fingerprint density at radius 1 is 1.07 bits per heavy atom. The number of benzene rings is 3. The van der Waals surface area contributed by atoms with Gasteiger partial charge in [0.2, 0.25) is 11.8 Å². The Hall–Kier alpha value is -4.50. The minimum absolute atomic E-state index is 0.0300. The molecule has 4 rings (SSSR count). The molecule has 1 fully saturated rings.